The van der Waals surface area contributed by atoms with Gasteiger partial charge >= 0.3 is 0 Å². The second-order valence-electron chi connectivity index (χ2n) is 7.38. The number of sulfone groups is 1. The zero-order valence-corrected chi connectivity index (χ0v) is 17.7. The Balaban J connectivity index is 1.86. The third-order valence-electron chi connectivity index (χ3n) is 5.32. The fourth-order valence-electron chi connectivity index (χ4n) is 3.51. The van der Waals surface area contributed by atoms with Gasteiger partial charge in [-0.15, -0.1) is 0 Å². The molecule has 0 spiro atoms. The van der Waals surface area contributed by atoms with E-state index in [0.717, 1.165) is 16.3 Å². The highest BCUT2D eigenvalue weighted by Gasteiger charge is 2.21. The summed E-state index contributed by atoms with van der Waals surface area (Å²) in [5.74, 6) is 0.137. The van der Waals surface area contributed by atoms with E-state index in [1.165, 1.54) is 0 Å². The first kappa shape index (κ1) is 21.1. The predicted octanol–water partition coefficient (Wildman–Crippen LogP) is 4.52. The number of fused-ring (bicyclic) bond motifs is 1. The quantitative estimate of drug-likeness (QED) is 0.550. The number of amides is 1. The molecule has 0 heterocycles. The van der Waals surface area contributed by atoms with E-state index in [0.29, 0.717) is 18.5 Å². The average Bonchev–Trinajstić information content (AvgIpc) is 2.76. The first-order valence-corrected chi connectivity index (χ1v) is 11.7. The van der Waals surface area contributed by atoms with Gasteiger partial charge in [0.05, 0.1) is 5.75 Å². The maximum atomic E-state index is 12.8. The minimum atomic E-state index is -3.08. The van der Waals surface area contributed by atoms with Crippen molar-refractivity contribution in [2.45, 2.75) is 19.3 Å². The highest BCUT2D eigenvalue weighted by Crippen LogP contribution is 2.26. The number of likely N-dealkylation sites (N-methyl/N-ethyl adjacent to an activating group) is 1. The summed E-state index contributed by atoms with van der Waals surface area (Å²) >= 11 is 0. The summed E-state index contributed by atoms with van der Waals surface area (Å²) in [4.78, 5) is 14.5. The lowest BCUT2D eigenvalue weighted by molar-refractivity contribution is 0.0785. The summed E-state index contributed by atoms with van der Waals surface area (Å²) in [5, 5.41) is 2.26. The van der Waals surface area contributed by atoms with Crippen LogP contribution in [0.5, 0.6) is 0 Å². The Bertz CT molecular complexity index is 1080. The van der Waals surface area contributed by atoms with Crippen LogP contribution in [0.3, 0.4) is 0 Å². The number of benzene rings is 3. The summed E-state index contributed by atoms with van der Waals surface area (Å²) in [5.41, 5.74) is 1.69. The lowest BCUT2D eigenvalue weighted by Crippen LogP contribution is -2.32. The SMILES string of the molecule is CCS(=O)(=O)CCC(CN(C)C(=O)c1ccccc1)c1ccc2ccccc2c1. The van der Waals surface area contributed by atoms with E-state index >= 15 is 0 Å². The van der Waals surface area contributed by atoms with E-state index in [-0.39, 0.29) is 23.3 Å². The van der Waals surface area contributed by atoms with Gasteiger partial charge < -0.3 is 4.90 Å². The fraction of sp³-hybridized carbons (Fsp3) is 0.292. The summed E-state index contributed by atoms with van der Waals surface area (Å²) in [6, 6.07) is 23.5. The summed E-state index contributed by atoms with van der Waals surface area (Å²) < 4.78 is 24.2. The van der Waals surface area contributed by atoms with E-state index in [1.807, 2.05) is 36.4 Å². The van der Waals surface area contributed by atoms with E-state index in [1.54, 1.807) is 31.0 Å². The number of hydrogen-bond donors (Lipinski definition) is 0. The minimum absolute atomic E-state index is 0.0569. The van der Waals surface area contributed by atoms with Crippen molar-refractivity contribution in [2.24, 2.45) is 0 Å². The molecule has 0 aliphatic heterocycles. The second kappa shape index (κ2) is 9.23. The molecular formula is C24H27NO3S. The van der Waals surface area contributed by atoms with Gasteiger partial charge in [-0.2, -0.15) is 0 Å². The van der Waals surface area contributed by atoms with Crippen LogP contribution in [-0.2, 0) is 9.84 Å². The number of rotatable bonds is 8. The van der Waals surface area contributed by atoms with Crippen LogP contribution < -0.4 is 0 Å². The molecule has 0 radical (unpaired) electrons. The highest BCUT2D eigenvalue weighted by molar-refractivity contribution is 7.91. The molecule has 3 rings (SSSR count). The van der Waals surface area contributed by atoms with Gasteiger partial charge in [-0.05, 0) is 34.9 Å². The predicted molar refractivity (Wildman–Crippen MR) is 119 cm³/mol. The van der Waals surface area contributed by atoms with Gasteiger partial charge in [-0.25, -0.2) is 8.42 Å². The molecular weight excluding hydrogens is 382 g/mol. The average molecular weight is 410 g/mol. The van der Waals surface area contributed by atoms with Crippen molar-refractivity contribution in [3.8, 4) is 0 Å². The van der Waals surface area contributed by atoms with Gasteiger partial charge in [0.15, 0.2) is 0 Å². The monoisotopic (exact) mass is 409 g/mol. The Morgan fingerprint density at radius 3 is 2.28 bits per heavy atom. The van der Waals surface area contributed by atoms with Crippen molar-refractivity contribution < 1.29 is 13.2 Å². The maximum Gasteiger partial charge on any atom is 0.253 e. The minimum Gasteiger partial charge on any atom is -0.341 e. The van der Waals surface area contributed by atoms with Crippen LogP contribution in [0.4, 0.5) is 0 Å². The molecule has 0 fully saturated rings. The van der Waals surface area contributed by atoms with Crippen molar-refractivity contribution >= 4 is 26.5 Å². The molecule has 0 aromatic heterocycles. The second-order valence-corrected chi connectivity index (χ2v) is 9.85. The van der Waals surface area contributed by atoms with Crippen molar-refractivity contribution in [1.82, 2.24) is 4.90 Å². The smallest absolute Gasteiger partial charge is 0.253 e. The lowest BCUT2D eigenvalue weighted by Gasteiger charge is -2.25. The van der Waals surface area contributed by atoms with Crippen molar-refractivity contribution in [1.29, 1.82) is 0 Å². The molecule has 0 bridgehead atoms. The zero-order chi connectivity index (χ0) is 20.9. The molecule has 3 aromatic rings. The van der Waals surface area contributed by atoms with Crippen LogP contribution in [-0.4, -0.2) is 44.3 Å². The van der Waals surface area contributed by atoms with Crippen LogP contribution in [0.1, 0.15) is 35.2 Å². The molecule has 0 aliphatic rings. The van der Waals surface area contributed by atoms with Gasteiger partial charge in [-0.1, -0.05) is 67.6 Å². The highest BCUT2D eigenvalue weighted by atomic mass is 32.2. The molecule has 152 valence electrons. The van der Waals surface area contributed by atoms with Gasteiger partial charge in [0, 0.05) is 30.8 Å². The summed E-state index contributed by atoms with van der Waals surface area (Å²) in [6.07, 6.45) is 0.487. The molecule has 0 N–H and O–H groups in total. The first-order chi connectivity index (χ1) is 13.9. The Labute approximate surface area is 173 Å². The number of carbonyl (C=O) groups is 1. The van der Waals surface area contributed by atoms with Crippen molar-refractivity contribution in [2.75, 3.05) is 25.1 Å². The molecule has 3 aromatic carbocycles. The zero-order valence-electron chi connectivity index (χ0n) is 16.9. The Morgan fingerprint density at radius 1 is 0.931 bits per heavy atom. The maximum absolute atomic E-state index is 12.8. The third kappa shape index (κ3) is 5.45. The van der Waals surface area contributed by atoms with Gasteiger partial charge in [0.25, 0.3) is 5.91 Å². The fourth-order valence-corrected chi connectivity index (χ4v) is 4.44. The summed E-state index contributed by atoms with van der Waals surface area (Å²) in [7, 11) is -1.30. The molecule has 29 heavy (non-hydrogen) atoms. The van der Waals surface area contributed by atoms with Crippen LogP contribution in [0.2, 0.25) is 0 Å². The van der Waals surface area contributed by atoms with Crippen molar-refractivity contribution in [3.63, 3.8) is 0 Å². The number of carbonyl (C=O) groups excluding carboxylic acids is 1. The molecule has 1 atom stereocenters. The first-order valence-electron chi connectivity index (χ1n) is 9.89. The largest absolute Gasteiger partial charge is 0.341 e. The van der Waals surface area contributed by atoms with Crippen LogP contribution in [0.25, 0.3) is 10.8 Å². The van der Waals surface area contributed by atoms with Crippen LogP contribution in [0.15, 0.2) is 72.8 Å². The topological polar surface area (TPSA) is 54.5 Å². The Morgan fingerprint density at radius 2 is 1.59 bits per heavy atom. The number of hydrogen-bond acceptors (Lipinski definition) is 3. The molecule has 1 unspecified atom stereocenters. The summed E-state index contributed by atoms with van der Waals surface area (Å²) in [6.45, 7) is 2.14. The van der Waals surface area contributed by atoms with E-state index in [9.17, 15) is 13.2 Å². The van der Waals surface area contributed by atoms with Gasteiger partial charge in [0.2, 0.25) is 0 Å². The molecule has 4 nitrogen and oxygen atoms in total. The molecule has 0 aliphatic carbocycles. The van der Waals surface area contributed by atoms with Crippen LogP contribution in [0, 0.1) is 0 Å². The van der Waals surface area contributed by atoms with E-state index in [2.05, 4.69) is 24.3 Å². The Hall–Kier alpha value is -2.66. The van der Waals surface area contributed by atoms with Gasteiger partial charge in [0.1, 0.15) is 9.84 Å². The third-order valence-corrected chi connectivity index (χ3v) is 7.06. The molecule has 0 saturated heterocycles. The molecule has 1 amide bonds. The molecule has 0 saturated carbocycles. The number of nitrogens with zero attached hydrogens (tertiary/aromatic N) is 1. The Kier molecular flexibility index (Phi) is 6.70. The standard InChI is InChI=1S/C24H27NO3S/c1-3-29(27,28)16-15-23(18-25(2)24(26)20-10-5-4-6-11-20)22-14-13-19-9-7-8-12-21(19)17-22/h4-14,17,23H,3,15-16,18H2,1-2H3. The molecule has 5 heteroatoms. The van der Waals surface area contributed by atoms with E-state index in [4.69, 9.17) is 0 Å². The normalized spacial score (nSPS) is 12.6. The van der Waals surface area contributed by atoms with Crippen LogP contribution >= 0.6 is 0 Å². The lowest BCUT2D eigenvalue weighted by atomic mass is 9.93. The van der Waals surface area contributed by atoms with Gasteiger partial charge in [-0.3, -0.25) is 4.79 Å². The van der Waals surface area contributed by atoms with Crippen molar-refractivity contribution in [3.05, 3.63) is 83.9 Å². The van der Waals surface area contributed by atoms with E-state index < -0.39 is 9.84 Å².